The van der Waals surface area contributed by atoms with Gasteiger partial charge in [-0.1, -0.05) is 12.1 Å². The minimum absolute atomic E-state index is 0.0344. The van der Waals surface area contributed by atoms with E-state index in [1.807, 2.05) is 24.4 Å². The first-order valence-corrected chi connectivity index (χ1v) is 6.64. The van der Waals surface area contributed by atoms with Crippen molar-refractivity contribution >= 4 is 11.9 Å². The Labute approximate surface area is 130 Å². The molecule has 0 unspecified atom stereocenters. The predicted molar refractivity (Wildman–Crippen MR) is 78.0 cm³/mol. The number of furan rings is 1. The lowest BCUT2D eigenvalue weighted by Crippen LogP contribution is -2.04. The Morgan fingerprint density at radius 2 is 2.04 bits per heavy atom. The standard InChI is InChI=1S/C15H11N3O5/c19-15(13-6-7-14(23-13)18(20)21)22-10-11-2-4-12(5-3-11)17-9-1-8-16-17/h1-9H,10H2. The van der Waals surface area contributed by atoms with Crippen molar-refractivity contribution in [3.8, 4) is 5.69 Å². The zero-order valence-electron chi connectivity index (χ0n) is 11.8. The molecule has 8 nitrogen and oxygen atoms in total. The third kappa shape index (κ3) is 3.26. The average molecular weight is 313 g/mol. The minimum Gasteiger partial charge on any atom is -0.455 e. The second kappa shape index (κ2) is 6.14. The van der Waals surface area contributed by atoms with Crippen LogP contribution < -0.4 is 0 Å². The molecule has 1 aromatic carbocycles. The van der Waals surface area contributed by atoms with Crippen LogP contribution >= 0.6 is 0 Å². The molecule has 0 bridgehead atoms. The van der Waals surface area contributed by atoms with E-state index in [1.54, 1.807) is 23.0 Å². The molecule has 0 saturated heterocycles. The van der Waals surface area contributed by atoms with Gasteiger partial charge in [-0.3, -0.25) is 10.1 Å². The predicted octanol–water partition coefficient (Wildman–Crippen LogP) is 2.73. The van der Waals surface area contributed by atoms with Crippen molar-refractivity contribution in [2.75, 3.05) is 0 Å². The Balaban J connectivity index is 1.61. The van der Waals surface area contributed by atoms with Gasteiger partial charge >= 0.3 is 11.9 Å². The van der Waals surface area contributed by atoms with E-state index in [9.17, 15) is 14.9 Å². The second-order valence-corrected chi connectivity index (χ2v) is 4.59. The van der Waals surface area contributed by atoms with Crippen molar-refractivity contribution in [1.82, 2.24) is 9.78 Å². The van der Waals surface area contributed by atoms with Gasteiger partial charge in [-0.15, -0.1) is 0 Å². The maximum Gasteiger partial charge on any atom is 0.433 e. The zero-order chi connectivity index (χ0) is 16.2. The summed E-state index contributed by atoms with van der Waals surface area (Å²) in [7, 11) is 0. The van der Waals surface area contributed by atoms with Gasteiger partial charge in [0.2, 0.25) is 5.76 Å². The van der Waals surface area contributed by atoms with Gasteiger partial charge in [-0.2, -0.15) is 5.10 Å². The van der Waals surface area contributed by atoms with E-state index in [2.05, 4.69) is 5.10 Å². The van der Waals surface area contributed by atoms with Crippen molar-refractivity contribution in [2.45, 2.75) is 6.61 Å². The van der Waals surface area contributed by atoms with Crippen molar-refractivity contribution in [2.24, 2.45) is 0 Å². The van der Waals surface area contributed by atoms with Crippen LogP contribution in [0, 0.1) is 10.1 Å². The third-order valence-corrected chi connectivity index (χ3v) is 3.05. The number of benzene rings is 1. The summed E-state index contributed by atoms with van der Waals surface area (Å²) in [5, 5.41) is 14.6. The molecule has 0 aliphatic carbocycles. The summed E-state index contributed by atoms with van der Waals surface area (Å²) >= 11 is 0. The van der Waals surface area contributed by atoms with E-state index in [4.69, 9.17) is 9.15 Å². The fourth-order valence-electron chi connectivity index (χ4n) is 1.92. The number of hydrogen-bond donors (Lipinski definition) is 0. The van der Waals surface area contributed by atoms with Crippen molar-refractivity contribution < 1.29 is 18.9 Å². The minimum atomic E-state index is -0.755. The Kier molecular flexibility index (Phi) is 3.88. The molecule has 8 heteroatoms. The van der Waals surface area contributed by atoms with Crippen LogP contribution in [0.3, 0.4) is 0 Å². The van der Waals surface area contributed by atoms with Crippen LogP contribution in [0.5, 0.6) is 0 Å². The first kappa shape index (κ1) is 14.5. The fourth-order valence-corrected chi connectivity index (χ4v) is 1.92. The number of ether oxygens (including phenoxy) is 1. The molecule has 23 heavy (non-hydrogen) atoms. The topological polar surface area (TPSA) is 100 Å². The molecule has 2 aromatic heterocycles. The van der Waals surface area contributed by atoms with E-state index in [1.165, 1.54) is 6.07 Å². The lowest BCUT2D eigenvalue weighted by atomic mass is 10.2. The van der Waals surface area contributed by atoms with E-state index in [0.29, 0.717) is 0 Å². The first-order valence-electron chi connectivity index (χ1n) is 6.64. The lowest BCUT2D eigenvalue weighted by molar-refractivity contribution is -0.402. The quantitative estimate of drug-likeness (QED) is 0.408. The molecule has 0 radical (unpaired) electrons. The highest BCUT2D eigenvalue weighted by Gasteiger charge is 2.18. The van der Waals surface area contributed by atoms with E-state index in [-0.39, 0.29) is 12.4 Å². The Bertz CT molecular complexity index is 821. The van der Waals surface area contributed by atoms with Gasteiger partial charge in [0.1, 0.15) is 11.5 Å². The molecule has 0 aliphatic rings. The van der Waals surface area contributed by atoms with E-state index in [0.717, 1.165) is 17.3 Å². The molecule has 0 spiro atoms. The number of aromatic nitrogens is 2. The van der Waals surface area contributed by atoms with Crippen LogP contribution in [0.2, 0.25) is 0 Å². The summed E-state index contributed by atoms with van der Waals surface area (Å²) in [6.07, 6.45) is 3.50. The first-order chi connectivity index (χ1) is 11.1. The molecule has 116 valence electrons. The number of nitrogens with zero attached hydrogens (tertiary/aromatic N) is 3. The molecule has 2 heterocycles. The molecule has 0 N–H and O–H groups in total. The van der Waals surface area contributed by atoms with Crippen LogP contribution in [0.25, 0.3) is 5.69 Å². The van der Waals surface area contributed by atoms with Gasteiger partial charge in [-0.25, -0.2) is 9.48 Å². The van der Waals surface area contributed by atoms with Crippen LogP contribution in [-0.4, -0.2) is 20.7 Å². The fraction of sp³-hybridized carbons (Fsp3) is 0.0667. The van der Waals surface area contributed by atoms with Gasteiger partial charge in [0.25, 0.3) is 0 Å². The lowest BCUT2D eigenvalue weighted by Gasteiger charge is -2.05. The smallest absolute Gasteiger partial charge is 0.433 e. The normalized spacial score (nSPS) is 10.4. The summed E-state index contributed by atoms with van der Waals surface area (Å²) in [5.74, 6) is -1.46. The monoisotopic (exact) mass is 313 g/mol. The number of nitro groups is 1. The summed E-state index contributed by atoms with van der Waals surface area (Å²) in [6, 6.07) is 11.4. The van der Waals surface area contributed by atoms with Crippen LogP contribution in [0.15, 0.2) is 59.3 Å². The summed E-state index contributed by atoms with van der Waals surface area (Å²) < 4.78 is 11.5. The van der Waals surface area contributed by atoms with Gasteiger partial charge in [0, 0.05) is 12.4 Å². The molecule has 0 fully saturated rings. The average Bonchev–Trinajstić information content (AvgIpc) is 3.24. The summed E-state index contributed by atoms with van der Waals surface area (Å²) in [6.45, 7) is 0.0344. The Morgan fingerprint density at radius 1 is 1.26 bits per heavy atom. The van der Waals surface area contributed by atoms with Gasteiger partial charge in [0.15, 0.2) is 0 Å². The SMILES string of the molecule is O=C(OCc1ccc(-n2cccn2)cc1)c1ccc([N+](=O)[O-])o1. The number of hydrogen-bond acceptors (Lipinski definition) is 6. The Morgan fingerprint density at radius 3 is 2.65 bits per heavy atom. The molecule has 3 rings (SSSR count). The molecule has 0 atom stereocenters. The van der Waals surface area contributed by atoms with E-state index >= 15 is 0 Å². The highest BCUT2D eigenvalue weighted by Crippen LogP contribution is 2.17. The van der Waals surface area contributed by atoms with E-state index < -0.39 is 16.8 Å². The molecule has 0 saturated carbocycles. The molecule has 3 aromatic rings. The number of carbonyl (C=O) groups excluding carboxylic acids is 1. The van der Waals surface area contributed by atoms with Crippen LogP contribution in [-0.2, 0) is 11.3 Å². The number of esters is 1. The largest absolute Gasteiger partial charge is 0.455 e. The highest BCUT2D eigenvalue weighted by atomic mass is 16.7. The number of rotatable bonds is 5. The Hall–Kier alpha value is -3.42. The van der Waals surface area contributed by atoms with Crippen molar-refractivity contribution in [3.05, 3.63) is 76.3 Å². The second-order valence-electron chi connectivity index (χ2n) is 4.59. The van der Waals surface area contributed by atoms with Gasteiger partial charge < -0.3 is 9.15 Å². The maximum absolute atomic E-state index is 11.8. The molecule has 0 amide bonds. The molecule has 0 aliphatic heterocycles. The maximum atomic E-state index is 11.8. The molecular formula is C15H11N3O5. The highest BCUT2D eigenvalue weighted by molar-refractivity contribution is 5.86. The van der Waals surface area contributed by atoms with Gasteiger partial charge in [-0.05, 0) is 29.8 Å². The van der Waals surface area contributed by atoms with Crippen molar-refractivity contribution in [1.29, 1.82) is 0 Å². The van der Waals surface area contributed by atoms with Gasteiger partial charge in [0.05, 0.1) is 11.8 Å². The van der Waals surface area contributed by atoms with Crippen LogP contribution in [0.1, 0.15) is 16.1 Å². The summed E-state index contributed by atoms with van der Waals surface area (Å²) in [4.78, 5) is 21.5. The number of carbonyl (C=O) groups is 1. The molecular weight excluding hydrogens is 302 g/mol. The van der Waals surface area contributed by atoms with Crippen molar-refractivity contribution in [3.63, 3.8) is 0 Å². The summed E-state index contributed by atoms with van der Waals surface area (Å²) in [5.41, 5.74) is 1.65. The third-order valence-electron chi connectivity index (χ3n) is 3.05. The van der Waals surface area contributed by atoms with Crippen LogP contribution in [0.4, 0.5) is 5.88 Å². The zero-order valence-corrected chi connectivity index (χ0v) is 11.8.